The topological polar surface area (TPSA) is 119 Å². The molecule has 2 unspecified atom stereocenters. The normalized spacial score (nSPS) is 20.7. The lowest BCUT2D eigenvalue weighted by Gasteiger charge is -2.33. The van der Waals surface area contributed by atoms with Crippen molar-refractivity contribution in [2.45, 2.75) is 25.5 Å². The van der Waals surface area contributed by atoms with E-state index in [2.05, 4.69) is 4.74 Å². The van der Waals surface area contributed by atoms with Crippen LogP contribution >= 0.6 is 0 Å². The summed E-state index contributed by atoms with van der Waals surface area (Å²) in [4.78, 5) is 35.2. The lowest BCUT2D eigenvalue weighted by molar-refractivity contribution is -0.156. The first kappa shape index (κ1) is 15.4. The number of amides is 1. The van der Waals surface area contributed by atoms with Gasteiger partial charge in [0.2, 0.25) is 0 Å². The molecule has 1 fully saturated rings. The Labute approximate surface area is 110 Å². The second-order valence-electron chi connectivity index (χ2n) is 4.10. The maximum Gasteiger partial charge on any atom is 0.332 e. The molecule has 1 aliphatic rings. The fourth-order valence-corrected chi connectivity index (χ4v) is 1.77. The highest BCUT2D eigenvalue weighted by Gasteiger charge is 2.32. The van der Waals surface area contributed by atoms with E-state index in [9.17, 15) is 14.4 Å². The molecule has 0 spiro atoms. The first-order valence-electron chi connectivity index (χ1n) is 6.00. The van der Waals surface area contributed by atoms with Gasteiger partial charge in [-0.1, -0.05) is 0 Å². The van der Waals surface area contributed by atoms with Crippen molar-refractivity contribution >= 4 is 17.8 Å². The second-order valence-corrected chi connectivity index (χ2v) is 4.10. The van der Waals surface area contributed by atoms with Crippen LogP contribution in [0.4, 0.5) is 0 Å². The monoisotopic (exact) mass is 274 g/mol. The molecule has 1 heterocycles. The van der Waals surface area contributed by atoms with Gasteiger partial charge in [0.25, 0.3) is 5.91 Å². The fourth-order valence-electron chi connectivity index (χ4n) is 1.77. The maximum absolute atomic E-state index is 11.9. The number of carboxylic acid groups (broad SMARTS) is 1. The molecular weight excluding hydrogens is 256 g/mol. The minimum absolute atomic E-state index is 0.109. The van der Waals surface area contributed by atoms with Crippen LogP contribution in [0.3, 0.4) is 0 Å². The molecule has 0 aliphatic carbocycles. The van der Waals surface area contributed by atoms with Gasteiger partial charge in [0.15, 0.2) is 6.04 Å². The van der Waals surface area contributed by atoms with E-state index in [-0.39, 0.29) is 32.7 Å². The van der Waals surface area contributed by atoms with Gasteiger partial charge < -0.3 is 25.2 Å². The zero-order valence-electron chi connectivity index (χ0n) is 10.7. The summed E-state index contributed by atoms with van der Waals surface area (Å²) < 4.78 is 9.90. The molecule has 0 aromatic heterocycles. The zero-order valence-corrected chi connectivity index (χ0v) is 10.7. The van der Waals surface area contributed by atoms with E-state index in [1.165, 1.54) is 4.90 Å². The highest BCUT2D eigenvalue weighted by molar-refractivity contribution is 6.01. The van der Waals surface area contributed by atoms with E-state index in [1.54, 1.807) is 6.92 Å². The van der Waals surface area contributed by atoms with Gasteiger partial charge in [-0.25, -0.2) is 4.79 Å². The van der Waals surface area contributed by atoms with Crippen LogP contribution in [0.15, 0.2) is 0 Å². The van der Waals surface area contributed by atoms with Crippen molar-refractivity contribution in [2.24, 2.45) is 5.73 Å². The van der Waals surface area contributed by atoms with Crippen molar-refractivity contribution < 1.29 is 29.0 Å². The molecule has 3 N–H and O–H groups in total. The maximum atomic E-state index is 11.9. The molecule has 0 aromatic carbocycles. The van der Waals surface area contributed by atoms with Crippen molar-refractivity contribution in [3.05, 3.63) is 0 Å². The molecule has 2 atom stereocenters. The van der Waals surface area contributed by atoms with E-state index in [4.69, 9.17) is 15.6 Å². The van der Waals surface area contributed by atoms with Crippen molar-refractivity contribution in [2.75, 3.05) is 26.3 Å². The van der Waals surface area contributed by atoms with Crippen molar-refractivity contribution in [1.29, 1.82) is 0 Å². The number of esters is 1. The van der Waals surface area contributed by atoms with E-state index < -0.39 is 30.0 Å². The van der Waals surface area contributed by atoms with E-state index in [0.717, 1.165) is 0 Å². The van der Waals surface area contributed by atoms with Gasteiger partial charge >= 0.3 is 11.9 Å². The van der Waals surface area contributed by atoms with Crippen LogP contribution in [0, 0.1) is 0 Å². The highest BCUT2D eigenvalue weighted by Crippen LogP contribution is 2.10. The standard InChI is InChI=1S/C11H18N2O6/c1-2-18-11(17)9(12)10(16)13-3-4-19-7(6-13)5-8(14)15/h7,9H,2-6,12H2,1H3,(H,14,15). The Bertz CT molecular complexity index is 359. The summed E-state index contributed by atoms with van der Waals surface area (Å²) in [5.41, 5.74) is 5.50. The van der Waals surface area contributed by atoms with Gasteiger partial charge in [-0.05, 0) is 6.92 Å². The second kappa shape index (κ2) is 7.05. The molecule has 8 heteroatoms. The molecule has 108 valence electrons. The highest BCUT2D eigenvalue weighted by atomic mass is 16.5. The van der Waals surface area contributed by atoms with Crippen molar-refractivity contribution in [1.82, 2.24) is 4.90 Å². The van der Waals surface area contributed by atoms with Crippen molar-refractivity contribution in [3.63, 3.8) is 0 Å². The molecule has 0 aromatic rings. The summed E-state index contributed by atoms with van der Waals surface area (Å²) in [5, 5.41) is 8.68. The fraction of sp³-hybridized carbons (Fsp3) is 0.727. The lowest BCUT2D eigenvalue weighted by Crippen LogP contribution is -2.54. The number of hydrogen-bond donors (Lipinski definition) is 2. The number of hydrogen-bond acceptors (Lipinski definition) is 6. The number of nitrogens with two attached hydrogens (primary N) is 1. The molecule has 8 nitrogen and oxygen atoms in total. The van der Waals surface area contributed by atoms with Crippen LogP contribution in [0.2, 0.25) is 0 Å². The third-order valence-corrected chi connectivity index (χ3v) is 2.66. The van der Waals surface area contributed by atoms with Crippen LogP contribution < -0.4 is 5.73 Å². The van der Waals surface area contributed by atoms with E-state index in [1.807, 2.05) is 0 Å². The Morgan fingerprint density at radius 1 is 1.53 bits per heavy atom. The molecule has 1 aliphatic heterocycles. The summed E-state index contributed by atoms with van der Waals surface area (Å²) in [5.74, 6) is -2.36. The number of rotatable bonds is 5. The molecule has 0 saturated carbocycles. The third-order valence-electron chi connectivity index (χ3n) is 2.66. The van der Waals surface area contributed by atoms with Gasteiger partial charge in [-0.2, -0.15) is 0 Å². The summed E-state index contributed by atoms with van der Waals surface area (Å²) in [6.07, 6.45) is -0.775. The number of morpholine rings is 1. The number of carbonyl (C=O) groups is 3. The van der Waals surface area contributed by atoms with Gasteiger partial charge in [0, 0.05) is 13.1 Å². The van der Waals surface area contributed by atoms with Crippen LogP contribution in [-0.4, -0.2) is 66.3 Å². The van der Waals surface area contributed by atoms with Gasteiger partial charge in [-0.3, -0.25) is 9.59 Å². The average Bonchev–Trinajstić information content (AvgIpc) is 2.36. The number of aliphatic carboxylic acids is 1. The third kappa shape index (κ3) is 4.49. The first-order valence-corrected chi connectivity index (χ1v) is 6.00. The molecule has 1 saturated heterocycles. The molecular formula is C11H18N2O6. The SMILES string of the molecule is CCOC(=O)C(N)C(=O)N1CCOC(CC(=O)O)C1. The van der Waals surface area contributed by atoms with Gasteiger partial charge in [0.05, 0.1) is 25.7 Å². The molecule has 0 bridgehead atoms. The lowest BCUT2D eigenvalue weighted by atomic mass is 10.2. The Hall–Kier alpha value is -1.67. The Morgan fingerprint density at radius 3 is 2.79 bits per heavy atom. The minimum atomic E-state index is -1.37. The average molecular weight is 274 g/mol. The molecule has 1 rings (SSSR count). The minimum Gasteiger partial charge on any atom is -0.481 e. The van der Waals surface area contributed by atoms with Crippen LogP contribution in [0.5, 0.6) is 0 Å². The Kier molecular flexibility index (Phi) is 5.71. The van der Waals surface area contributed by atoms with Gasteiger partial charge in [-0.15, -0.1) is 0 Å². The first-order chi connectivity index (χ1) is 8.95. The molecule has 1 amide bonds. The predicted molar refractivity (Wildman–Crippen MR) is 63.2 cm³/mol. The summed E-state index contributed by atoms with van der Waals surface area (Å²) in [6.45, 7) is 2.37. The van der Waals surface area contributed by atoms with E-state index in [0.29, 0.717) is 0 Å². The summed E-state index contributed by atoms with van der Waals surface area (Å²) in [7, 11) is 0. The summed E-state index contributed by atoms with van der Waals surface area (Å²) in [6, 6.07) is -1.37. The zero-order chi connectivity index (χ0) is 14.4. The summed E-state index contributed by atoms with van der Waals surface area (Å²) >= 11 is 0. The van der Waals surface area contributed by atoms with Crippen LogP contribution in [0.25, 0.3) is 0 Å². The number of ether oxygens (including phenoxy) is 2. The molecule has 19 heavy (non-hydrogen) atoms. The van der Waals surface area contributed by atoms with Gasteiger partial charge in [0.1, 0.15) is 0 Å². The Morgan fingerprint density at radius 2 is 2.21 bits per heavy atom. The van der Waals surface area contributed by atoms with Crippen molar-refractivity contribution in [3.8, 4) is 0 Å². The molecule has 0 radical (unpaired) electrons. The Balaban J connectivity index is 2.56. The number of nitrogens with zero attached hydrogens (tertiary/aromatic N) is 1. The smallest absolute Gasteiger partial charge is 0.332 e. The quantitative estimate of drug-likeness (QED) is 0.466. The number of carbonyl (C=O) groups excluding carboxylic acids is 2. The predicted octanol–water partition coefficient (Wildman–Crippen LogP) is -1.42. The van der Waals surface area contributed by atoms with Crippen LogP contribution in [0.1, 0.15) is 13.3 Å². The van der Waals surface area contributed by atoms with E-state index >= 15 is 0 Å². The number of carboxylic acids is 1. The van der Waals surface area contributed by atoms with Crippen LogP contribution in [-0.2, 0) is 23.9 Å². The largest absolute Gasteiger partial charge is 0.481 e.